The van der Waals surface area contributed by atoms with E-state index in [-0.39, 0.29) is 11.3 Å². The average Bonchev–Trinajstić information content (AvgIpc) is 2.95. The molecule has 1 N–H and O–H groups in total. The van der Waals surface area contributed by atoms with Gasteiger partial charge in [0.25, 0.3) is 10.0 Å². The van der Waals surface area contributed by atoms with E-state index in [1.54, 1.807) is 42.5 Å². The zero-order valence-corrected chi connectivity index (χ0v) is 12.2. The topological polar surface area (TPSA) is 84.8 Å². The number of nitrogens with zero attached hydrogens (tertiary/aromatic N) is 1. The second kappa shape index (κ2) is 5.61. The Morgan fingerprint density at radius 1 is 1.05 bits per heavy atom. The summed E-state index contributed by atoms with van der Waals surface area (Å²) in [7, 11) is -3.65. The van der Waals surface area contributed by atoms with Crippen LogP contribution in [0.3, 0.4) is 0 Å². The van der Waals surface area contributed by atoms with Crippen LogP contribution in [0.25, 0.3) is 0 Å². The number of hydrogen-bond donors (Lipinski definition) is 1. The van der Waals surface area contributed by atoms with E-state index in [4.69, 9.17) is 0 Å². The van der Waals surface area contributed by atoms with Crippen molar-refractivity contribution in [1.29, 1.82) is 0 Å². The molecule has 22 heavy (non-hydrogen) atoms. The quantitative estimate of drug-likeness (QED) is 0.876. The smallest absolute Gasteiger partial charge is 0.318 e. The zero-order valence-electron chi connectivity index (χ0n) is 11.4. The molecular formula is C15H12N2O4S. The van der Waals surface area contributed by atoms with Crippen LogP contribution in [-0.4, -0.2) is 20.1 Å². The average molecular weight is 316 g/mol. The van der Waals surface area contributed by atoms with E-state index in [2.05, 4.69) is 14.7 Å². The van der Waals surface area contributed by atoms with Crippen molar-refractivity contribution >= 4 is 27.4 Å². The predicted molar refractivity (Wildman–Crippen MR) is 80.9 cm³/mol. The van der Waals surface area contributed by atoms with Gasteiger partial charge in [-0.3, -0.25) is 4.72 Å². The first-order valence-electron chi connectivity index (χ1n) is 6.50. The van der Waals surface area contributed by atoms with Gasteiger partial charge in [0.05, 0.1) is 17.0 Å². The first-order valence-corrected chi connectivity index (χ1v) is 7.98. The summed E-state index contributed by atoms with van der Waals surface area (Å²) >= 11 is 0. The summed E-state index contributed by atoms with van der Waals surface area (Å²) in [5.41, 5.74) is 1.51. The summed E-state index contributed by atoms with van der Waals surface area (Å²) in [5.74, 6) is -0.426. The second-order valence-corrected chi connectivity index (χ2v) is 6.36. The van der Waals surface area contributed by atoms with E-state index in [1.165, 1.54) is 12.1 Å². The number of carbonyl (C=O) groups excluding carboxylic acids is 1. The number of nitrogens with one attached hydrogen (secondary N) is 1. The molecule has 0 saturated heterocycles. The Hall–Kier alpha value is -2.67. The highest BCUT2D eigenvalue weighted by Gasteiger charge is 2.20. The monoisotopic (exact) mass is 316 g/mol. The van der Waals surface area contributed by atoms with Gasteiger partial charge in [-0.25, -0.2) is 13.2 Å². The Kier molecular flexibility index (Phi) is 3.64. The molecular weight excluding hydrogens is 304 g/mol. The largest absolute Gasteiger partial charge is 0.341 e. The highest BCUT2D eigenvalue weighted by Crippen LogP contribution is 2.19. The van der Waals surface area contributed by atoms with Crippen LogP contribution in [0.15, 0.2) is 64.6 Å². The van der Waals surface area contributed by atoms with Crippen LogP contribution in [0.4, 0.5) is 5.69 Å². The molecule has 0 unspecified atom stereocenters. The SMILES string of the molecule is O=C1CC(c2cccc(NS(=O)(=O)c3ccccc3)c2)=NO1. The molecule has 0 amide bonds. The third-order valence-electron chi connectivity index (χ3n) is 3.07. The Bertz CT molecular complexity index is 845. The van der Waals surface area contributed by atoms with Crippen molar-refractivity contribution in [2.75, 3.05) is 4.72 Å². The van der Waals surface area contributed by atoms with Crippen LogP contribution in [-0.2, 0) is 19.7 Å². The lowest BCUT2D eigenvalue weighted by molar-refractivity contribution is -0.140. The molecule has 0 fully saturated rings. The molecule has 0 radical (unpaired) electrons. The van der Waals surface area contributed by atoms with Gasteiger partial charge in [-0.15, -0.1) is 0 Å². The zero-order chi connectivity index (χ0) is 15.6. The van der Waals surface area contributed by atoms with E-state index in [0.29, 0.717) is 17.0 Å². The molecule has 112 valence electrons. The maximum Gasteiger partial charge on any atom is 0.341 e. The Labute approximate surface area is 127 Å². The molecule has 0 atom stereocenters. The van der Waals surface area contributed by atoms with Gasteiger partial charge in [0.15, 0.2) is 0 Å². The fourth-order valence-electron chi connectivity index (χ4n) is 2.04. The van der Waals surface area contributed by atoms with Crippen LogP contribution in [0.2, 0.25) is 0 Å². The predicted octanol–water partition coefficient (Wildman–Crippen LogP) is 2.14. The van der Waals surface area contributed by atoms with Crippen molar-refractivity contribution in [1.82, 2.24) is 0 Å². The second-order valence-electron chi connectivity index (χ2n) is 4.68. The van der Waals surface area contributed by atoms with Crippen molar-refractivity contribution in [3.8, 4) is 0 Å². The summed E-state index contributed by atoms with van der Waals surface area (Å²) < 4.78 is 27.0. The van der Waals surface area contributed by atoms with Crippen LogP contribution in [0, 0.1) is 0 Å². The van der Waals surface area contributed by atoms with Gasteiger partial charge < -0.3 is 4.84 Å². The van der Waals surface area contributed by atoms with E-state index in [1.807, 2.05) is 0 Å². The van der Waals surface area contributed by atoms with Gasteiger partial charge >= 0.3 is 5.97 Å². The van der Waals surface area contributed by atoms with Gasteiger partial charge in [-0.2, -0.15) is 0 Å². The lowest BCUT2D eigenvalue weighted by Crippen LogP contribution is -2.13. The van der Waals surface area contributed by atoms with Gasteiger partial charge in [0, 0.05) is 11.3 Å². The third-order valence-corrected chi connectivity index (χ3v) is 4.47. The van der Waals surface area contributed by atoms with Crippen molar-refractivity contribution < 1.29 is 18.0 Å². The molecule has 3 rings (SSSR count). The standard InChI is InChI=1S/C15H12N2O4S/c18-15-10-14(16-21-15)11-5-4-6-12(9-11)17-22(19,20)13-7-2-1-3-8-13/h1-9,17H,10H2. The Morgan fingerprint density at radius 3 is 2.50 bits per heavy atom. The van der Waals surface area contributed by atoms with E-state index < -0.39 is 16.0 Å². The fraction of sp³-hybridized carbons (Fsp3) is 0.0667. The lowest BCUT2D eigenvalue weighted by atomic mass is 10.1. The molecule has 7 heteroatoms. The van der Waals surface area contributed by atoms with E-state index in [0.717, 1.165) is 0 Å². The van der Waals surface area contributed by atoms with Crippen molar-refractivity contribution in [3.63, 3.8) is 0 Å². The number of sulfonamides is 1. The Morgan fingerprint density at radius 2 is 1.82 bits per heavy atom. The van der Waals surface area contributed by atoms with Gasteiger partial charge in [-0.1, -0.05) is 35.5 Å². The highest BCUT2D eigenvalue weighted by molar-refractivity contribution is 7.92. The lowest BCUT2D eigenvalue weighted by Gasteiger charge is -2.09. The summed E-state index contributed by atoms with van der Waals surface area (Å²) in [6.45, 7) is 0. The molecule has 1 aliphatic rings. The van der Waals surface area contributed by atoms with Gasteiger partial charge in [0.1, 0.15) is 0 Å². The maximum absolute atomic E-state index is 12.3. The fourth-order valence-corrected chi connectivity index (χ4v) is 3.11. The van der Waals surface area contributed by atoms with Crippen molar-refractivity contribution in [2.24, 2.45) is 5.16 Å². The molecule has 0 aromatic heterocycles. The number of anilines is 1. The number of rotatable bonds is 4. The summed E-state index contributed by atoms with van der Waals surface area (Å²) in [4.78, 5) is 15.8. The van der Waals surface area contributed by atoms with Crippen LogP contribution in [0.1, 0.15) is 12.0 Å². The molecule has 2 aromatic carbocycles. The minimum atomic E-state index is -3.65. The Balaban J connectivity index is 1.86. The summed E-state index contributed by atoms with van der Waals surface area (Å²) in [6.07, 6.45) is 0.0783. The number of benzene rings is 2. The minimum Gasteiger partial charge on any atom is -0.318 e. The summed E-state index contributed by atoms with van der Waals surface area (Å²) in [5, 5.41) is 3.67. The first-order chi connectivity index (χ1) is 10.5. The summed E-state index contributed by atoms with van der Waals surface area (Å²) in [6, 6.07) is 14.7. The first kappa shape index (κ1) is 14.3. The van der Waals surface area contributed by atoms with Gasteiger partial charge in [-0.05, 0) is 24.3 Å². The number of oxime groups is 1. The van der Waals surface area contributed by atoms with Crippen molar-refractivity contribution in [3.05, 3.63) is 60.2 Å². The molecule has 0 aliphatic carbocycles. The molecule has 2 aromatic rings. The highest BCUT2D eigenvalue weighted by atomic mass is 32.2. The third kappa shape index (κ3) is 2.99. The minimum absolute atomic E-state index is 0.0783. The molecule has 0 bridgehead atoms. The maximum atomic E-state index is 12.3. The number of carbonyl (C=O) groups is 1. The molecule has 0 spiro atoms. The number of hydrogen-bond acceptors (Lipinski definition) is 5. The molecule has 6 nitrogen and oxygen atoms in total. The van der Waals surface area contributed by atoms with Crippen LogP contribution in [0.5, 0.6) is 0 Å². The van der Waals surface area contributed by atoms with Crippen molar-refractivity contribution in [2.45, 2.75) is 11.3 Å². The van der Waals surface area contributed by atoms with E-state index >= 15 is 0 Å². The van der Waals surface area contributed by atoms with Crippen LogP contribution >= 0.6 is 0 Å². The van der Waals surface area contributed by atoms with E-state index in [9.17, 15) is 13.2 Å². The van der Waals surface area contributed by atoms with Crippen LogP contribution < -0.4 is 4.72 Å². The normalized spacial score (nSPS) is 14.4. The van der Waals surface area contributed by atoms with Gasteiger partial charge in [0.2, 0.25) is 0 Å². The molecule has 0 saturated carbocycles. The molecule has 1 aliphatic heterocycles. The molecule has 1 heterocycles.